The molecular weight excluding hydrogens is 353 g/mol. The van der Waals surface area contributed by atoms with Gasteiger partial charge in [-0.15, -0.1) is 0 Å². The van der Waals surface area contributed by atoms with E-state index in [0.717, 1.165) is 16.8 Å². The van der Waals surface area contributed by atoms with Crippen molar-refractivity contribution >= 4 is 23.4 Å². The molecule has 2 atom stereocenters. The molecule has 3 aliphatic rings. The smallest absolute Gasteiger partial charge is 0.415 e. The summed E-state index contributed by atoms with van der Waals surface area (Å²) in [5.74, 6) is -0.566. The highest BCUT2D eigenvalue weighted by molar-refractivity contribution is 5.99. The van der Waals surface area contributed by atoms with Gasteiger partial charge in [-0.2, -0.15) is 0 Å². The molecule has 1 saturated heterocycles. The SMILES string of the molecule is CN1C(=O)CCc2c3c(cc(F)c21)N1C(=O)O[C@@H](CCc2ccon2)[C@@H]1C3. The number of ether oxygens (including phenoxy) is 1. The van der Waals surface area contributed by atoms with Crippen molar-refractivity contribution in [2.45, 2.75) is 44.2 Å². The number of hydrogen-bond acceptors (Lipinski definition) is 5. The number of aryl methyl sites for hydroxylation is 1. The summed E-state index contributed by atoms with van der Waals surface area (Å²) in [6, 6.07) is 2.99. The first-order valence-corrected chi connectivity index (χ1v) is 9.04. The molecule has 2 amide bonds. The second-order valence-corrected chi connectivity index (χ2v) is 7.23. The molecule has 1 fully saturated rings. The van der Waals surface area contributed by atoms with Crippen LogP contribution in [0.4, 0.5) is 20.6 Å². The highest BCUT2D eigenvalue weighted by Gasteiger charge is 2.49. The van der Waals surface area contributed by atoms with Crippen molar-refractivity contribution in [1.29, 1.82) is 0 Å². The molecule has 0 aliphatic carbocycles. The third kappa shape index (κ3) is 2.35. The lowest BCUT2D eigenvalue weighted by Gasteiger charge is -2.28. The number of rotatable bonds is 3. The van der Waals surface area contributed by atoms with Crippen LogP contribution in [-0.2, 0) is 28.8 Å². The van der Waals surface area contributed by atoms with Gasteiger partial charge in [0.1, 0.15) is 18.2 Å². The van der Waals surface area contributed by atoms with Crippen molar-refractivity contribution in [3.8, 4) is 0 Å². The van der Waals surface area contributed by atoms with Gasteiger partial charge in [0.15, 0.2) is 0 Å². The van der Waals surface area contributed by atoms with Crippen LogP contribution >= 0.6 is 0 Å². The van der Waals surface area contributed by atoms with E-state index in [-0.39, 0.29) is 18.1 Å². The summed E-state index contributed by atoms with van der Waals surface area (Å²) in [4.78, 5) is 27.4. The average Bonchev–Trinajstić information content (AvgIpc) is 3.34. The van der Waals surface area contributed by atoms with Crippen LogP contribution in [0.15, 0.2) is 22.9 Å². The number of benzene rings is 1. The van der Waals surface area contributed by atoms with E-state index < -0.39 is 11.9 Å². The Morgan fingerprint density at radius 1 is 1.30 bits per heavy atom. The summed E-state index contributed by atoms with van der Waals surface area (Å²) in [5.41, 5.74) is 3.53. The molecule has 5 rings (SSSR count). The molecule has 0 bridgehead atoms. The maximum absolute atomic E-state index is 14.8. The number of nitrogens with zero attached hydrogens (tertiary/aromatic N) is 3. The maximum atomic E-state index is 14.8. The van der Waals surface area contributed by atoms with Crippen LogP contribution in [0.2, 0.25) is 0 Å². The van der Waals surface area contributed by atoms with Crippen LogP contribution in [0.25, 0.3) is 0 Å². The Morgan fingerprint density at radius 3 is 2.93 bits per heavy atom. The normalized spacial score (nSPS) is 23.3. The number of cyclic esters (lactones) is 1. The molecule has 8 heteroatoms. The maximum Gasteiger partial charge on any atom is 0.415 e. The lowest BCUT2D eigenvalue weighted by atomic mass is 9.92. The zero-order chi connectivity index (χ0) is 18.7. The van der Waals surface area contributed by atoms with E-state index in [1.165, 1.54) is 17.2 Å². The fraction of sp³-hybridized carbons (Fsp3) is 0.421. The van der Waals surface area contributed by atoms with E-state index in [4.69, 9.17) is 9.26 Å². The molecule has 1 aromatic carbocycles. The standard InChI is InChI=1S/C19H18FN3O4/c1-22-17(24)5-3-11-12-8-15-16(4-2-10-6-7-26-21-10)27-19(25)23(15)14(12)9-13(20)18(11)22/h6-7,9,15-16H,2-5,8H2,1H3/t15-,16-/m0/s1. The minimum Gasteiger partial charge on any atom is -0.444 e. The van der Waals surface area contributed by atoms with Gasteiger partial charge in [-0.05, 0) is 36.8 Å². The number of anilines is 2. The van der Waals surface area contributed by atoms with Gasteiger partial charge in [-0.1, -0.05) is 5.16 Å². The van der Waals surface area contributed by atoms with E-state index in [9.17, 15) is 14.0 Å². The first-order valence-electron chi connectivity index (χ1n) is 9.04. The van der Waals surface area contributed by atoms with Crippen molar-refractivity contribution < 1.29 is 23.2 Å². The van der Waals surface area contributed by atoms with Crippen LogP contribution < -0.4 is 9.80 Å². The van der Waals surface area contributed by atoms with Crippen LogP contribution in [0.1, 0.15) is 29.7 Å². The molecule has 140 valence electrons. The number of halogens is 1. The van der Waals surface area contributed by atoms with Crippen LogP contribution in [0.5, 0.6) is 0 Å². The molecule has 0 saturated carbocycles. The van der Waals surface area contributed by atoms with E-state index in [1.54, 1.807) is 18.0 Å². The Bertz CT molecular complexity index is 943. The summed E-state index contributed by atoms with van der Waals surface area (Å²) in [6.45, 7) is 0. The quantitative estimate of drug-likeness (QED) is 0.829. The number of carbonyl (C=O) groups is 2. The highest BCUT2D eigenvalue weighted by atomic mass is 19.1. The fourth-order valence-corrected chi connectivity index (χ4v) is 4.50. The molecule has 3 aliphatic heterocycles. The summed E-state index contributed by atoms with van der Waals surface area (Å²) in [5, 5.41) is 3.89. The van der Waals surface area contributed by atoms with Gasteiger partial charge in [0.25, 0.3) is 0 Å². The monoisotopic (exact) mass is 371 g/mol. The molecule has 0 unspecified atom stereocenters. The molecule has 0 radical (unpaired) electrons. The van der Waals surface area contributed by atoms with Crippen LogP contribution in [-0.4, -0.2) is 36.4 Å². The minimum atomic E-state index is -0.473. The fourth-order valence-electron chi connectivity index (χ4n) is 4.50. The predicted molar refractivity (Wildman–Crippen MR) is 93.2 cm³/mol. The van der Waals surface area contributed by atoms with Crippen molar-refractivity contribution in [1.82, 2.24) is 5.16 Å². The first kappa shape index (κ1) is 16.3. The third-order valence-electron chi connectivity index (χ3n) is 5.81. The number of hydrogen-bond donors (Lipinski definition) is 0. The van der Waals surface area contributed by atoms with Crippen LogP contribution in [0.3, 0.4) is 0 Å². The van der Waals surface area contributed by atoms with Gasteiger partial charge in [0.05, 0.1) is 23.1 Å². The zero-order valence-electron chi connectivity index (χ0n) is 14.8. The number of amides is 2. The topological polar surface area (TPSA) is 75.9 Å². The molecule has 0 spiro atoms. The van der Waals surface area contributed by atoms with Gasteiger partial charge < -0.3 is 14.2 Å². The molecular formula is C19H18FN3O4. The first-order chi connectivity index (χ1) is 13.0. The van der Waals surface area contributed by atoms with Crippen molar-refractivity contribution in [3.63, 3.8) is 0 Å². The lowest BCUT2D eigenvalue weighted by molar-refractivity contribution is -0.118. The van der Waals surface area contributed by atoms with Crippen molar-refractivity contribution in [2.75, 3.05) is 16.8 Å². The van der Waals surface area contributed by atoms with E-state index in [0.29, 0.717) is 43.5 Å². The van der Waals surface area contributed by atoms with E-state index in [2.05, 4.69) is 5.16 Å². The molecule has 7 nitrogen and oxygen atoms in total. The largest absolute Gasteiger partial charge is 0.444 e. The third-order valence-corrected chi connectivity index (χ3v) is 5.81. The van der Waals surface area contributed by atoms with Gasteiger partial charge >= 0.3 is 6.09 Å². The second kappa shape index (κ2) is 5.80. The minimum absolute atomic E-state index is 0.0928. The van der Waals surface area contributed by atoms with Gasteiger partial charge in [0, 0.05) is 25.6 Å². The predicted octanol–water partition coefficient (Wildman–Crippen LogP) is 2.61. The van der Waals surface area contributed by atoms with Gasteiger partial charge in [-0.3, -0.25) is 9.69 Å². The Labute approximate surface area is 154 Å². The zero-order valence-corrected chi connectivity index (χ0v) is 14.8. The average molecular weight is 371 g/mol. The number of aromatic nitrogens is 1. The van der Waals surface area contributed by atoms with E-state index >= 15 is 0 Å². The molecule has 0 N–H and O–H groups in total. The summed E-state index contributed by atoms with van der Waals surface area (Å²) >= 11 is 0. The van der Waals surface area contributed by atoms with E-state index in [1.807, 2.05) is 0 Å². The Kier molecular flexibility index (Phi) is 3.50. The molecule has 4 heterocycles. The van der Waals surface area contributed by atoms with Crippen molar-refractivity contribution in [2.24, 2.45) is 0 Å². The van der Waals surface area contributed by atoms with Crippen molar-refractivity contribution in [3.05, 3.63) is 41.0 Å². The highest BCUT2D eigenvalue weighted by Crippen LogP contribution is 2.46. The Hall–Kier alpha value is -2.90. The Morgan fingerprint density at radius 2 is 2.15 bits per heavy atom. The molecule has 2 aromatic rings. The summed E-state index contributed by atoms with van der Waals surface area (Å²) < 4.78 is 25.2. The Balaban J connectivity index is 1.48. The van der Waals surface area contributed by atoms with Gasteiger partial charge in [-0.25, -0.2) is 9.18 Å². The van der Waals surface area contributed by atoms with Gasteiger partial charge in [0.2, 0.25) is 5.91 Å². The summed E-state index contributed by atoms with van der Waals surface area (Å²) in [6.07, 6.45) is 3.50. The molecule has 1 aromatic heterocycles. The van der Waals surface area contributed by atoms with Crippen LogP contribution in [0, 0.1) is 5.82 Å². The lowest BCUT2D eigenvalue weighted by Crippen LogP contribution is -2.33. The number of fused-ring (bicyclic) bond motifs is 5. The number of carbonyl (C=O) groups excluding carboxylic acids is 2. The second-order valence-electron chi connectivity index (χ2n) is 7.23. The molecule has 27 heavy (non-hydrogen) atoms. The summed E-state index contributed by atoms with van der Waals surface area (Å²) in [7, 11) is 1.60.